The van der Waals surface area contributed by atoms with Crippen LogP contribution >= 0.6 is 0 Å². The minimum Gasteiger partial charge on any atom is -0.506 e. The molecule has 0 bridgehead atoms. The van der Waals surface area contributed by atoms with Gasteiger partial charge in [0.05, 0.1) is 12.2 Å². The highest BCUT2D eigenvalue weighted by Crippen LogP contribution is 2.36. The maximum absolute atomic E-state index is 10.0. The Labute approximate surface area is 105 Å². The molecule has 2 unspecified atom stereocenters. The van der Waals surface area contributed by atoms with Crippen molar-refractivity contribution in [3.05, 3.63) is 59.5 Å². The van der Waals surface area contributed by atoms with E-state index in [0.717, 1.165) is 11.3 Å². The van der Waals surface area contributed by atoms with Gasteiger partial charge in [-0.1, -0.05) is 36.4 Å². The van der Waals surface area contributed by atoms with Gasteiger partial charge in [-0.05, 0) is 11.6 Å². The van der Waals surface area contributed by atoms with E-state index < -0.39 is 12.4 Å². The molecule has 2 N–H and O–H groups in total. The minimum atomic E-state index is -0.835. The van der Waals surface area contributed by atoms with E-state index in [1.165, 1.54) is 0 Å². The fourth-order valence-electron chi connectivity index (χ4n) is 2.43. The Balaban J connectivity index is 2.03. The van der Waals surface area contributed by atoms with E-state index in [1.54, 1.807) is 6.08 Å². The van der Waals surface area contributed by atoms with Crippen LogP contribution in [0.5, 0.6) is 0 Å². The van der Waals surface area contributed by atoms with Crippen LogP contribution in [0.4, 0.5) is 0 Å². The molecule has 0 aliphatic carbocycles. The number of ether oxygens (including phenoxy) is 1. The quantitative estimate of drug-likeness (QED) is 0.791. The fourth-order valence-corrected chi connectivity index (χ4v) is 2.43. The molecule has 1 saturated heterocycles. The predicted molar refractivity (Wildman–Crippen MR) is 66.6 cm³/mol. The average molecular weight is 245 g/mol. The summed E-state index contributed by atoms with van der Waals surface area (Å²) in [5.41, 5.74) is 1.66. The van der Waals surface area contributed by atoms with Gasteiger partial charge in [-0.15, -0.1) is 0 Å². The van der Waals surface area contributed by atoms with Gasteiger partial charge in [0, 0.05) is 6.54 Å². The summed E-state index contributed by atoms with van der Waals surface area (Å²) in [4.78, 5) is 1.95. The number of benzene rings is 1. The topological polar surface area (TPSA) is 52.9 Å². The van der Waals surface area contributed by atoms with Gasteiger partial charge in [0.2, 0.25) is 0 Å². The van der Waals surface area contributed by atoms with Gasteiger partial charge >= 0.3 is 0 Å². The monoisotopic (exact) mass is 245 g/mol. The van der Waals surface area contributed by atoms with Gasteiger partial charge in [-0.25, -0.2) is 0 Å². The molecule has 94 valence electrons. The molecule has 4 heteroatoms. The molecule has 3 rings (SSSR count). The van der Waals surface area contributed by atoms with Gasteiger partial charge in [0.15, 0.2) is 6.29 Å². The molecular formula is C14H15NO3. The summed E-state index contributed by atoms with van der Waals surface area (Å²) in [6.07, 6.45) is 2.31. The van der Waals surface area contributed by atoms with Crippen LogP contribution in [0.3, 0.4) is 0 Å². The molecule has 0 amide bonds. The van der Waals surface area contributed by atoms with Crippen molar-refractivity contribution in [1.82, 2.24) is 4.90 Å². The summed E-state index contributed by atoms with van der Waals surface area (Å²) >= 11 is 0. The van der Waals surface area contributed by atoms with Crippen LogP contribution in [0.1, 0.15) is 11.7 Å². The van der Waals surface area contributed by atoms with Gasteiger partial charge in [-0.3, -0.25) is 0 Å². The Hall–Kier alpha value is -1.78. The standard InChI is InChI=1S/C14H15NO3/c16-11-7-4-8-15-9-12(17)18-14(13(11)15)10-5-2-1-3-6-10/h1-7,12,14,16-17H,8-9H2. The summed E-state index contributed by atoms with van der Waals surface area (Å²) in [6.45, 7) is 1.07. The Morgan fingerprint density at radius 2 is 2.00 bits per heavy atom. The summed E-state index contributed by atoms with van der Waals surface area (Å²) < 4.78 is 5.57. The van der Waals surface area contributed by atoms with Crippen LogP contribution in [0.25, 0.3) is 0 Å². The smallest absolute Gasteiger partial charge is 0.173 e. The van der Waals surface area contributed by atoms with Gasteiger partial charge in [0.25, 0.3) is 0 Å². The number of hydrogen-bond acceptors (Lipinski definition) is 4. The molecule has 0 saturated carbocycles. The Morgan fingerprint density at radius 1 is 1.22 bits per heavy atom. The van der Waals surface area contributed by atoms with E-state index in [9.17, 15) is 10.2 Å². The van der Waals surface area contributed by atoms with Crippen molar-refractivity contribution < 1.29 is 14.9 Å². The van der Waals surface area contributed by atoms with Crippen molar-refractivity contribution in [1.29, 1.82) is 0 Å². The minimum absolute atomic E-state index is 0.210. The predicted octanol–water partition coefficient (Wildman–Crippen LogP) is 1.72. The number of rotatable bonds is 1. The number of fused-ring (bicyclic) bond motifs is 1. The van der Waals surface area contributed by atoms with E-state index >= 15 is 0 Å². The Kier molecular flexibility index (Phi) is 2.81. The third kappa shape index (κ3) is 1.89. The average Bonchev–Trinajstić information content (AvgIpc) is 2.39. The first-order valence-corrected chi connectivity index (χ1v) is 5.99. The number of morpholine rings is 1. The maximum atomic E-state index is 10.0. The van der Waals surface area contributed by atoms with Crippen LogP contribution < -0.4 is 0 Å². The number of nitrogens with zero attached hydrogens (tertiary/aromatic N) is 1. The third-order valence-corrected chi connectivity index (χ3v) is 3.23. The van der Waals surface area contributed by atoms with Crippen LogP contribution in [-0.4, -0.2) is 34.5 Å². The normalized spacial score (nSPS) is 27.3. The van der Waals surface area contributed by atoms with Crippen molar-refractivity contribution in [3.8, 4) is 0 Å². The second kappa shape index (κ2) is 4.48. The third-order valence-electron chi connectivity index (χ3n) is 3.23. The van der Waals surface area contributed by atoms with Crippen LogP contribution in [0.15, 0.2) is 53.9 Å². The molecule has 2 aliphatic rings. The Bertz CT molecular complexity index is 495. The van der Waals surface area contributed by atoms with E-state index in [1.807, 2.05) is 41.3 Å². The lowest BCUT2D eigenvalue weighted by Crippen LogP contribution is -2.43. The van der Waals surface area contributed by atoms with E-state index in [-0.39, 0.29) is 5.76 Å². The molecule has 4 nitrogen and oxygen atoms in total. The number of allylic oxidation sites excluding steroid dienone is 1. The van der Waals surface area contributed by atoms with E-state index in [4.69, 9.17) is 4.74 Å². The highest BCUT2D eigenvalue weighted by molar-refractivity contribution is 5.33. The highest BCUT2D eigenvalue weighted by atomic mass is 16.6. The SMILES string of the molecule is OC1=C2C(c3ccccc3)OC(O)CN2CC=C1. The molecule has 0 radical (unpaired) electrons. The molecule has 2 heterocycles. The molecule has 2 aliphatic heterocycles. The van der Waals surface area contributed by atoms with Crippen molar-refractivity contribution in [2.45, 2.75) is 12.4 Å². The largest absolute Gasteiger partial charge is 0.506 e. The van der Waals surface area contributed by atoms with Crippen molar-refractivity contribution in [2.75, 3.05) is 13.1 Å². The van der Waals surface area contributed by atoms with Crippen LogP contribution in [0.2, 0.25) is 0 Å². The van der Waals surface area contributed by atoms with Gasteiger partial charge < -0.3 is 19.8 Å². The zero-order chi connectivity index (χ0) is 12.5. The Morgan fingerprint density at radius 3 is 2.78 bits per heavy atom. The summed E-state index contributed by atoms with van der Waals surface area (Å²) in [5, 5.41) is 19.8. The number of aliphatic hydroxyl groups is 2. The lowest BCUT2D eigenvalue weighted by Gasteiger charge is -2.40. The first kappa shape index (κ1) is 11.3. The van der Waals surface area contributed by atoms with E-state index in [0.29, 0.717) is 13.1 Å². The molecule has 0 spiro atoms. The fraction of sp³-hybridized carbons (Fsp3) is 0.286. The van der Waals surface area contributed by atoms with Gasteiger partial charge in [0.1, 0.15) is 11.9 Å². The van der Waals surface area contributed by atoms with Crippen LogP contribution in [-0.2, 0) is 4.74 Å². The maximum Gasteiger partial charge on any atom is 0.173 e. The van der Waals surface area contributed by atoms with Crippen molar-refractivity contribution in [2.24, 2.45) is 0 Å². The van der Waals surface area contributed by atoms with E-state index in [2.05, 4.69) is 0 Å². The summed E-state index contributed by atoms with van der Waals surface area (Å²) in [7, 11) is 0. The zero-order valence-electron chi connectivity index (χ0n) is 9.86. The second-order valence-corrected chi connectivity index (χ2v) is 4.46. The molecule has 1 fully saturated rings. The van der Waals surface area contributed by atoms with Gasteiger partial charge in [-0.2, -0.15) is 0 Å². The number of hydrogen-bond donors (Lipinski definition) is 2. The first-order valence-electron chi connectivity index (χ1n) is 5.99. The summed E-state index contributed by atoms with van der Waals surface area (Å²) in [5.74, 6) is 0.210. The van der Waals surface area contributed by atoms with Crippen molar-refractivity contribution >= 4 is 0 Å². The molecule has 0 aromatic heterocycles. The molecule has 18 heavy (non-hydrogen) atoms. The van der Waals surface area contributed by atoms with Crippen LogP contribution in [0, 0.1) is 0 Å². The van der Waals surface area contributed by atoms with Crippen molar-refractivity contribution in [3.63, 3.8) is 0 Å². The second-order valence-electron chi connectivity index (χ2n) is 4.46. The highest BCUT2D eigenvalue weighted by Gasteiger charge is 2.34. The molecule has 1 aromatic carbocycles. The zero-order valence-corrected chi connectivity index (χ0v) is 9.86. The number of aliphatic hydroxyl groups excluding tert-OH is 2. The molecular weight excluding hydrogens is 230 g/mol. The lowest BCUT2D eigenvalue weighted by molar-refractivity contribution is -0.167. The lowest BCUT2D eigenvalue weighted by atomic mass is 10.0. The summed E-state index contributed by atoms with van der Waals surface area (Å²) in [6, 6.07) is 9.62. The molecule has 2 atom stereocenters. The molecule has 1 aromatic rings. The first-order chi connectivity index (χ1) is 8.75.